The highest BCUT2D eigenvalue weighted by Gasteiger charge is 2.35. The SMILES string of the molecule is CC[C@H](Oc1cccc(C)c1C)C(=O)N[C@@H]1CC(C)(C)Oc2ccc(C)cc21. The van der Waals surface area contributed by atoms with E-state index in [9.17, 15) is 4.79 Å². The molecule has 0 bridgehead atoms. The van der Waals surface area contributed by atoms with Crippen molar-refractivity contribution >= 4 is 5.91 Å². The topological polar surface area (TPSA) is 47.6 Å². The first-order chi connectivity index (χ1) is 13.2. The van der Waals surface area contributed by atoms with Crippen molar-refractivity contribution in [1.29, 1.82) is 0 Å². The van der Waals surface area contributed by atoms with Gasteiger partial charge in [-0.2, -0.15) is 0 Å². The minimum Gasteiger partial charge on any atom is -0.487 e. The lowest BCUT2D eigenvalue weighted by atomic mass is 9.88. The molecule has 2 aromatic rings. The van der Waals surface area contributed by atoms with Gasteiger partial charge in [0.25, 0.3) is 5.91 Å². The molecular formula is C24H31NO3. The second-order valence-corrected chi connectivity index (χ2v) is 8.38. The summed E-state index contributed by atoms with van der Waals surface area (Å²) in [5.74, 6) is 1.53. The van der Waals surface area contributed by atoms with Gasteiger partial charge in [-0.1, -0.05) is 36.8 Å². The standard InChI is InChI=1S/C24H31NO3/c1-7-20(27-21-10-8-9-16(3)17(21)4)23(26)25-19-14-24(5,6)28-22-12-11-15(2)13-18(19)22/h8-13,19-20H,7,14H2,1-6H3,(H,25,26)/t19-,20+/m1/s1. The number of rotatable bonds is 5. The molecule has 0 saturated carbocycles. The van der Waals surface area contributed by atoms with E-state index in [0.717, 1.165) is 40.2 Å². The van der Waals surface area contributed by atoms with Gasteiger partial charge in [-0.15, -0.1) is 0 Å². The molecule has 28 heavy (non-hydrogen) atoms. The fraction of sp³-hybridized carbons (Fsp3) is 0.458. The number of carbonyl (C=O) groups is 1. The van der Waals surface area contributed by atoms with Crippen molar-refractivity contribution in [3.05, 3.63) is 58.7 Å². The molecular weight excluding hydrogens is 350 g/mol. The normalized spacial score (nSPS) is 18.6. The molecule has 2 aromatic carbocycles. The average Bonchev–Trinajstić information content (AvgIpc) is 2.62. The molecule has 0 radical (unpaired) electrons. The van der Waals surface area contributed by atoms with Crippen molar-refractivity contribution in [3.8, 4) is 11.5 Å². The van der Waals surface area contributed by atoms with Crippen LogP contribution in [0.2, 0.25) is 0 Å². The molecule has 4 heteroatoms. The van der Waals surface area contributed by atoms with Gasteiger partial charge >= 0.3 is 0 Å². The van der Waals surface area contributed by atoms with Gasteiger partial charge in [0.1, 0.15) is 17.1 Å². The Bertz CT molecular complexity index is 872. The number of carbonyl (C=O) groups excluding carboxylic acids is 1. The number of aryl methyl sites for hydroxylation is 2. The molecule has 0 saturated heterocycles. The Morgan fingerprint density at radius 1 is 1.25 bits per heavy atom. The summed E-state index contributed by atoms with van der Waals surface area (Å²) in [5.41, 5.74) is 4.08. The second-order valence-electron chi connectivity index (χ2n) is 8.38. The highest BCUT2D eigenvalue weighted by Crippen LogP contribution is 2.40. The van der Waals surface area contributed by atoms with E-state index in [0.29, 0.717) is 6.42 Å². The average molecular weight is 382 g/mol. The minimum atomic E-state index is -0.528. The summed E-state index contributed by atoms with van der Waals surface area (Å²) in [6.07, 6.45) is 0.793. The molecule has 1 heterocycles. The smallest absolute Gasteiger partial charge is 0.261 e. The molecule has 0 spiro atoms. The van der Waals surface area contributed by atoms with E-state index in [2.05, 4.69) is 32.2 Å². The van der Waals surface area contributed by atoms with Crippen LogP contribution in [-0.2, 0) is 4.79 Å². The van der Waals surface area contributed by atoms with Crippen molar-refractivity contribution in [2.24, 2.45) is 0 Å². The van der Waals surface area contributed by atoms with Gasteiger partial charge in [-0.25, -0.2) is 0 Å². The monoisotopic (exact) mass is 381 g/mol. The van der Waals surface area contributed by atoms with Crippen LogP contribution in [-0.4, -0.2) is 17.6 Å². The Labute approximate surface area is 168 Å². The molecule has 2 atom stereocenters. The maximum Gasteiger partial charge on any atom is 0.261 e. The molecule has 0 fully saturated rings. The molecule has 0 unspecified atom stereocenters. The molecule has 4 nitrogen and oxygen atoms in total. The first-order valence-electron chi connectivity index (χ1n) is 10.0. The molecule has 1 amide bonds. The number of benzene rings is 2. The van der Waals surface area contributed by atoms with E-state index in [1.54, 1.807) is 0 Å². The van der Waals surface area contributed by atoms with E-state index in [4.69, 9.17) is 9.47 Å². The van der Waals surface area contributed by atoms with Crippen molar-refractivity contribution in [1.82, 2.24) is 5.32 Å². The van der Waals surface area contributed by atoms with Crippen molar-refractivity contribution in [3.63, 3.8) is 0 Å². The Morgan fingerprint density at radius 3 is 2.71 bits per heavy atom. The Morgan fingerprint density at radius 2 is 2.00 bits per heavy atom. The lowest BCUT2D eigenvalue weighted by Crippen LogP contribution is -2.45. The first-order valence-corrected chi connectivity index (χ1v) is 10.0. The Balaban J connectivity index is 1.81. The van der Waals surface area contributed by atoms with Crippen LogP contribution in [0.5, 0.6) is 11.5 Å². The van der Waals surface area contributed by atoms with Crippen LogP contribution in [0.4, 0.5) is 0 Å². The Hall–Kier alpha value is -2.49. The van der Waals surface area contributed by atoms with E-state index in [1.807, 2.05) is 51.1 Å². The van der Waals surface area contributed by atoms with Crippen LogP contribution in [0.25, 0.3) is 0 Å². The summed E-state index contributed by atoms with van der Waals surface area (Å²) in [6.45, 7) is 12.2. The van der Waals surface area contributed by atoms with Gasteiger partial charge < -0.3 is 14.8 Å². The number of hydrogen-bond donors (Lipinski definition) is 1. The summed E-state index contributed by atoms with van der Waals surface area (Å²) < 4.78 is 12.2. The van der Waals surface area contributed by atoms with E-state index < -0.39 is 6.10 Å². The molecule has 0 aromatic heterocycles. The highest BCUT2D eigenvalue weighted by molar-refractivity contribution is 5.81. The third-order valence-corrected chi connectivity index (χ3v) is 5.43. The fourth-order valence-electron chi connectivity index (χ4n) is 3.69. The molecule has 1 aliphatic rings. The summed E-state index contributed by atoms with van der Waals surface area (Å²) >= 11 is 0. The summed E-state index contributed by atoms with van der Waals surface area (Å²) in [7, 11) is 0. The van der Waals surface area contributed by atoms with Crippen LogP contribution < -0.4 is 14.8 Å². The van der Waals surface area contributed by atoms with Gasteiger partial charge in [0.15, 0.2) is 6.10 Å². The molecule has 3 rings (SSSR count). The van der Waals surface area contributed by atoms with Crippen LogP contribution in [0, 0.1) is 20.8 Å². The number of nitrogens with one attached hydrogen (secondary N) is 1. The maximum absolute atomic E-state index is 13.1. The highest BCUT2D eigenvalue weighted by atomic mass is 16.5. The molecule has 0 aliphatic carbocycles. The zero-order valence-electron chi connectivity index (χ0n) is 17.8. The van der Waals surface area contributed by atoms with Gasteiger partial charge in [0, 0.05) is 12.0 Å². The van der Waals surface area contributed by atoms with Crippen LogP contribution >= 0.6 is 0 Å². The summed E-state index contributed by atoms with van der Waals surface area (Å²) in [5, 5.41) is 3.22. The third-order valence-electron chi connectivity index (χ3n) is 5.43. The van der Waals surface area contributed by atoms with Gasteiger partial charge in [-0.05, 0) is 64.3 Å². The zero-order chi connectivity index (χ0) is 20.5. The number of hydrogen-bond acceptors (Lipinski definition) is 3. The molecule has 1 aliphatic heterocycles. The maximum atomic E-state index is 13.1. The third kappa shape index (κ3) is 4.32. The van der Waals surface area contributed by atoms with Crippen LogP contribution in [0.15, 0.2) is 36.4 Å². The second kappa shape index (κ2) is 7.86. The number of amides is 1. The lowest BCUT2D eigenvalue weighted by Gasteiger charge is -2.38. The Kier molecular flexibility index (Phi) is 5.69. The predicted octanol–water partition coefficient (Wildman–Crippen LogP) is 5.19. The fourth-order valence-corrected chi connectivity index (χ4v) is 3.69. The quantitative estimate of drug-likeness (QED) is 0.775. The summed E-state index contributed by atoms with van der Waals surface area (Å²) in [6, 6.07) is 12.0. The number of fused-ring (bicyclic) bond motifs is 1. The minimum absolute atomic E-state index is 0.0847. The lowest BCUT2D eigenvalue weighted by molar-refractivity contribution is -0.129. The van der Waals surface area contributed by atoms with Crippen LogP contribution in [0.1, 0.15) is 61.9 Å². The largest absolute Gasteiger partial charge is 0.487 e. The van der Waals surface area contributed by atoms with Gasteiger partial charge in [-0.3, -0.25) is 4.79 Å². The van der Waals surface area contributed by atoms with Crippen molar-refractivity contribution in [2.45, 2.75) is 72.1 Å². The predicted molar refractivity (Wildman–Crippen MR) is 112 cm³/mol. The zero-order valence-corrected chi connectivity index (χ0v) is 17.8. The first kappa shape index (κ1) is 20.2. The van der Waals surface area contributed by atoms with Crippen molar-refractivity contribution in [2.75, 3.05) is 0 Å². The van der Waals surface area contributed by atoms with E-state index >= 15 is 0 Å². The molecule has 150 valence electrons. The van der Waals surface area contributed by atoms with Crippen molar-refractivity contribution < 1.29 is 14.3 Å². The number of ether oxygens (including phenoxy) is 2. The van der Waals surface area contributed by atoms with E-state index in [-0.39, 0.29) is 17.6 Å². The van der Waals surface area contributed by atoms with Gasteiger partial charge in [0.2, 0.25) is 0 Å². The summed E-state index contributed by atoms with van der Waals surface area (Å²) in [4.78, 5) is 13.1. The van der Waals surface area contributed by atoms with E-state index in [1.165, 1.54) is 0 Å². The van der Waals surface area contributed by atoms with Gasteiger partial charge in [0.05, 0.1) is 6.04 Å². The molecule has 1 N–H and O–H groups in total. The van der Waals surface area contributed by atoms with Crippen LogP contribution in [0.3, 0.4) is 0 Å².